The van der Waals surface area contributed by atoms with Gasteiger partial charge in [-0.05, 0) is 33.0 Å². The summed E-state index contributed by atoms with van der Waals surface area (Å²) in [5, 5.41) is 28.0. The van der Waals surface area contributed by atoms with E-state index < -0.39 is 0 Å². The minimum atomic E-state index is -0.170. The van der Waals surface area contributed by atoms with E-state index in [9.17, 15) is 15.0 Å². The minimum absolute atomic E-state index is 0.0574. The van der Waals surface area contributed by atoms with Crippen LogP contribution in [0.1, 0.15) is 0 Å². The van der Waals surface area contributed by atoms with Gasteiger partial charge in [-0.1, -0.05) is 60.7 Å². The molecule has 4 aromatic carbocycles. The van der Waals surface area contributed by atoms with E-state index in [1.807, 2.05) is 36.4 Å². The summed E-state index contributed by atoms with van der Waals surface area (Å²) in [5.74, 6) is -0.170. The summed E-state index contributed by atoms with van der Waals surface area (Å²) in [6.45, 7) is 0.688. The van der Waals surface area contributed by atoms with E-state index in [4.69, 9.17) is 0 Å². The summed E-state index contributed by atoms with van der Waals surface area (Å²) < 4.78 is 0. The molecule has 148 valence electrons. The maximum Gasteiger partial charge on any atom is 0.238 e. The van der Waals surface area contributed by atoms with Crippen molar-refractivity contribution in [1.82, 2.24) is 4.90 Å². The first-order valence-electron chi connectivity index (χ1n) is 9.78. The van der Waals surface area contributed by atoms with Crippen molar-refractivity contribution in [2.75, 3.05) is 38.2 Å². The van der Waals surface area contributed by atoms with E-state index in [-0.39, 0.29) is 25.7 Å². The van der Waals surface area contributed by atoms with Gasteiger partial charge in [0.25, 0.3) is 0 Å². The third-order valence-electron chi connectivity index (χ3n) is 5.24. The van der Waals surface area contributed by atoms with Crippen LogP contribution in [0.15, 0.2) is 66.7 Å². The molecule has 29 heavy (non-hydrogen) atoms. The Labute approximate surface area is 169 Å². The maximum atomic E-state index is 12.7. The second-order valence-electron chi connectivity index (χ2n) is 7.12. The molecule has 0 saturated carbocycles. The Morgan fingerprint density at radius 3 is 2.10 bits per heavy atom. The highest BCUT2D eigenvalue weighted by molar-refractivity contribution is 6.21. The van der Waals surface area contributed by atoms with Crippen molar-refractivity contribution in [2.24, 2.45) is 0 Å². The van der Waals surface area contributed by atoms with Crippen LogP contribution in [0.25, 0.3) is 32.3 Å². The number of amides is 1. The largest absolute Gasteiger partial charge is 0.395 e. The number of carbonyl (C=O) groups excluding carboxylic acids is 1. The van der Waals surface area contributed by atoms with Crippen molar-refractivity contribution in [3.63, 3.8) is 0 Å². The number of aliphatic hydroxyl groups excluding tert-OH is 2. The molecular formula is C24H24N2O3. The molecule has 0 spiro atoms. The zero-order chi connectivity index (χ0) is 20.2. The van der Waals surface area contributed by atoms with E-state index in [0.717, 1.165) is 38.0 Å². The molecule has 0 unspecified atom stereocenters. The molecular weight excluding hydrogens is 364 g/mol. The summed E-state index contributed by atoms with van der Waals surface area (Å²) in [7, 11) is 0. The van der Waals surface area contributed by atoms with Gasteiger partial charge < -0.3 is 15.5 Å². The van der Waals surface area contributed by atoms with Gasteiger partial charge in [0.15, 0.2) is 0 Å². The van der Waals surface area contributed by atoms with Gasteiger partial charge in [0, 0.05) is 24.2 Å². The molecule has 0 aliphatic rings. The Kier molecular flexibility index (Phi) is 5.71. The maximum absolute atomic E-state index is 12.7. The highest BCUT2D eigenvalue weighted by Gasteiger charge is 2.14. The zero-order valence-electron chi connectivity index (χ0n) is 16.1. The molecule has 0 atom stereocenters. The van der Waals surface area contributed by atoms with Gasteiger partial charge in [0.05, 0.1) is 19.8 Å². The van der Waals surface area contributed by atoms with Gasteiger partial charge in [-0.2, -0.15) is 0 Å². The fraction of sp³-hybridized carbons (Fsp3) is 0.208. The number of benzene rings is 4. The third kappa shape index (κ3) is 3.93. The molecule has 5 heteroatoms. The average Bonchev–Trinajstić information content (AvgIpc) is 2.74. The highest BCUT2D eigenvalue weighted by Crippen LogP contribution is 2.35. The van der Waals surface area contributed by atoms with Crippen molar-refractivity contribution < 1.29 is 15.0 Å². The quantitative estimate of drug-likeness (QED) is 0.425. The van der Waals surface area contributed by atoms with E-state index in [2.05, 4.69) is 35.6 Å². The normalized spacial score (nSPS) is 11.6. The first kappa shape index (κ1) is 19.3. The molecule has 0 saturated heterocycles. The summed E-state index contributed by atoms with van der Waals surface area (Å²) in [6, 6.07) is 22.6. The molecule has 0 radical (unpaired) electrons. The van der Waals surface area contributed by atoms with Gasteiger partial charge in [-0.15, -0.1) is 0 Å². The topological polar surface area (TPSA) is 72.8 Å². The van der Waals surface area contributed by atoms with Crippen molar-refractivity contribution in [1.29, 1.82) is 0 Å². The van der Waals surface area contributed by atoms with Crippen LogP contribution in [0.3, 0.4) is 0 Å². The monoisotopic (exact) mass is 388 g/mol. The fourth-order valence-corrected chi connectivity index (χ4v) is 3.91. The summed E-state index contributed by atoms with van der Waals surface area (Å²) in [6.07, 6.45) is 0. The number of hydrogen-bond donors (Lipinski definition) is 3. The van der Waals surface area contributed by atoms with Crippen molar-refractivity contribution in [2.45, 2.75) is 0 Å². The van der Waals surface area contributed by atoms with Crippen LogP contribution in [0.5, 0.6) is 0 Å². The number of nitrogens with zero attached hydrogens (tertiary/aromatic N) is 1. The molecule has 3 N–H and O–H groups in total. The molecule has 4 rings (SSSR count). The first-order chi connectivity index (χ1) is 14.2. The summed E-state index contributed by atoms with van der Waals surface area (Å²) in [4.78, 5) is 14.4. The number of carbonyl (C=O) groups is 1. The first-order valence-corrected chi connectivity index (χ1v) is 9.78. The number of nitrogens with one attached hydrogen (secondary N) is 1. The molecule has 0 aromatic heterocycles. The number of hydrogen-bond acceptors (Lipinski definition) is 4. The molecule has 0 heterocycles. The third-order valence-corrected chi connectivity index (χ3v) is 5.24. The van der Waals surface area contributed by atoms with Gasteiger partial charge >= 0.3 is 0 Å². The van der Waals surface area contributed by atoms with E-state index in [0.29, 0.717) is 13.1 Å². The summed E-state index contributed by atoms with van der Waals surface area (Å²) in [5.41, 5.74) is 0.766. The predicted molar refractivity (Wildman–Crippen MR) is 118 cm³/mol. The lowest BCUT2D eigenvalue weighted by Crippen LogP contribution is -2.37. The second kappa shape index (κ2) is 8.57. The van der Waals surface area contributed by atoms with Crippen LogP contribution < -0.4 is 5.32 Å². The Balaban J connectivity index is 1.78. The second-order valence-corrected chi connectivity index (χ2v) is 7.12. The number of fused-ring (bicyclic) bond motifs is 5. The Morgan fingerprint density at radius 2 is 1.38 bits per heavy atom. The lowest BCUT2D eigenvalue weighted by molar-refractivity contribution is -0.117. The van der Waals surface area contributed by atoms with Crippen LogP contribution in [0, 0.1) is 0 Å². The highest BCUT2D eigenvalue weighted by atomic mass is 16.3. The van der Waals surface area contributed by atoms with Crippen molar-refractivity contribution in [3.05, 3.63) is 66.7 Å². The minimum Gasteiger partial charge on any atom is -0.395 e. The lowest BCUT2D eigenvalue weighted by Gasteiger charge is -2.20. The van der Waals surface area contributed by atoms with Crippen LogP contribution in [-0.2, 0) is 4.79 Å². The molecule has 0 aliphatic heterocycles. The van der Waals surface area contributed by atoms with Crippen LogP contribution in [0.2, 0.25) is 0 Å². The Morgan fingerprint density at radius 1 is 0.759 bits per heavy atom. The number of rotatable bonds is 7. The van der Waals surface area contributed by atoms with Gasteiger partial charge in [-0.25, -0.2) is 0 Å². The summed E-state index contributed by atoms with van der Waals surface area (Å²) >= 11 is 0. The Bertz CT molecular complexity index is 1170. The van der Waals surface area contributed by atoms with Crippen LogP contribution >= 0.6 is 0 Å². The molecule has 5 nitrogen and oxygen atoms in total. The number of aliphatic hydroxyl groups is 2. The SMILES string of the molecule is O=C(CN(CCO)CCO)Nc1cc2c3ccccc3ccc2c2ccccc12. The number of anilines is 1. The standard InChI is InChI=1S/C24H24N2O3/c27-13-11-26(12-14-28)16-24(29)25-23-15-22-18-6-2-1-5-17(18)9-10-20(22)19-7-3-4-8-21(19)23/h1-10,15,27-28H,11-14,16H2,(H,25,29). The molecule has 0 aliphatic carbocycles. The predicted octanol–water partition coefficient (Wildman–Crippen LogP) is 3.37. The van der Waals surface area contributed by atoms with Gasteiger partial charge in [0.1, 0.15) is 0 Å². The molecule has 0 fully saturated rings. The van der Waals surface area contributed by atoms with E-state index >= 15 is 0 Å². The Hall–Kier alpha value is -2.99. The van der Waals surface area contributed by atoms with Gasteiger partial charge in [-0.3, -0.25) is 9.69 Å². The average molecular weight is 388 g/mol. The molecule has 4 aromatic rings. The smallest absolute Gasteiger partial charge is 0.238 e. The van der Waals surface area contributed by atoms with Crippen molar-refractivity contribution in [3.8, 4) is 0 Å². The van der Waals surface area contributed by atoms with Crippen molar-refractivity contribution >= 4 is 43.9 Å². The van der Waals surface area contributed by atoms with Crippen LogP contribution in [-0.4, -0.2) is 53.9 Å². The molecule has 0 bridgehead atoms. The van der Waals surface area contributed by atoms with E-state index in [1.165, 1.54) is 0 Å². The lowest BCUT2D eigenvalue weighted by atomic mass is 9.96. The fourth-order valence-electron chi connectivity index (χ4n) is 3.91. The van der Waals surface area contributed by atoms with E-state index in [1.54, 1.807) is 4.90 Å². The van der Waals surface area contributed by atoms with Crippen LogP contribution in [0.4, 0.5) is 5.69 Å². The molecule has 1 amide bonds. The zero-order valence-corrected chi connectivity index (χ0v) is 16.1. The van der Waals surface area contributed by atoms with Gasteiger partial charge in [0.2, 0.25) is 5.91 Å².